The van der Waals surface area contributed by atoms with Crippen LogP contribution < -0.4 is 30.1 Å². The van der Waals surface area contributed by atoms with Gasteiger partial charge in [0.05, 0.1) is 33.6 Å². The van der Waals surface area contributed by atoms with Gasteiger partial charge in [0.25, 0.3) is 11.8 Å². The van der Waals surface area contributed by atoms with Crippen molar-refractivity contribution < 1.29 is 27.8 Å². The smallest absolute Gasteiger partial charge is 0.299 e. The number of anilines is 3. The summed E-state index contributed by atoms with van der Waals surface area (Å²) >= 11 is 24.7. The van der Waals surface area contributed by atoms with Gasteiger partial charge in [-0.1, -0.05) is 124 Å². The van der Waals surface area contributed by atoms with Crippen molar-refractivity contribution in [2.24, 2.45) is 9.98 Å². The average molecular weight is 1050 g/mol. The van der Waals surface area contributed by atoms with E-state index in [1.54, 1.807) is 36.4 Å². The fraction of sp³-hybridized carbons (Fsp3) is 0.451. The van der Waals surface area contributed by atoms with Crippen LogP contribution in [-0.2, 0) is 31.5 Å². The third-order valence-electron chi connectivity index (χ3n) is 11.7. The normalized spacial score (nSPS) is 14.6. The van der Waals surface area contributed by atoms with Crippen molar-refractivity contribution in [3.8, 4) is 11.5 Å². The van der Waals surface area contributed by atoms with Crippen LogP contribution in [0, 0.1) is 6.92 Å². The summed E-state index contributed by atoms with van der Waals surface area (Å²) in [6.07, 6.45) is 13.8. The number of unbranched alkanes of at least 4 members (excludes halogenated alkanes) is 10. The Morgan fingerprint density at radius 3 is 2.16 bits per heavy atom. The number of amidine groups is 1. The molecule has 4 aromatic rings. The highest BCUT2D eigenvalue weighted by Gasteiger charge is 2.37. The first-order chi connectivity index (χ1) is 33.3. The number of phenols is 1. The Morgan fingerprint density at radius 1 is 0.826 bits per heavy atom. The molecule has 0 saturated carbocycles. The predicted molar refractivity (Wildman–Crippen MR) is 286 cm³/mol. The lowest BCUT2D eigenvalue weighted by Crippen LogP contribution is -2.36. The highest BCUT2D eigenvalue weighted by atomic mass is 35.5. The van der Waals surface area contributed by atoms with Gasteiger partial charge in [0.15, 0.2) is 17.7 Å². The van der Waals surface area contributed by atoms with Gasteiger partial charge in [-0.15, -0.1) is 0 Å². The van der Waals surface area contributed by atoms with E-state index >= 15 is 0 Å². The lowest BCUT2D eigenvalue weighted by atomic mass is 10.0. The summed E-state index contributed by atoms with van der Waals surface area (Å²) in [6.45, 7) is 9.88. The van der Waals surface area contributed by atoms with E-state index in [0.29, 0.717) is 49.6 Å². The lowest BCUT2D eigenvalue weighted by molar-refractivity contribution is -0.123. The van der Waals surface area contributed by atoms with E-state index in [0.717, 1.165) is 60.3 Å². The number of benzene rings is 4. The van der Waals surface area contributed by atoms with Crippen molar-refractivity contribution in [1.29, 1.82) is 0 Å². The molecule has 2 unspecified atom stereocenters. The number of amides is 2. The Hall–Kier alpha value is -4.41. The van der Waals surface area contributed by atoms with Gasteiger partial charge in [0, 0.05) is 36.0 Å². The molecule has 69 heavy (non-hydrogen) atoms. The molecule has 5 rings (SSSR count). The molecule has 374 valence electrons. The van der Waals surface area contributed by atoms with Crippen LogP contribution in [-0.4, -0.2) is 65.5 Å². The van der Waals surface area contributed by atoms with Crippen LogP contribution in [0.4, 0.5) is 28.4 Å². The number of ether oxygens (including phenoxy) is 1. The third kappa shape index (κ3) is 16.6. The van der Waals surface area contributed by atoms with Crippen molar-refractivity contribution in [3.63, 3.8) is 0 Å². The summed E-state index contributed by atoms with van der Waals surface area (Å²) in [5.41, 5.74) is 6.68. The minimum absolute atomic E-state index is 0.0386. The molecule has 0 radical (unpaired) electrons. The molecule has 2 atom stereocenters. The zero-order valence-electron chi connectivity index (χ0n) is 40.1. The molecule has 0 spiro atoms. The molecule has 4 aromatic carbocycles. The van der Waals surface area contributed by atoms with Gasteiger partial charge in [-0.25, -0.2) is 23.9 Å². The highest BCUT2D eigenvalue weighted by molar-refractivity contribution is 7.78. The first kappa shape index (κ1) is 55.5. The van der Waals surface area contributed by atoms with E-state index in [9.17, 15) is 18.9 Å². The molecule has 1 fully saturated rings. The number of nitrogens with one attached hydrogen (secondary N) is 3. The van der Waals surface area contributed by atoms with Gasteiger partial charge in [0.1, 0.15) is 17.2 Å². The van der Waals surface area contributed by atoms with Crippen molar-refractivity contribution in [2.45, 2.75) is 124 Å². The number of hydrazine groups is 1. The number of halogens is 4. The molecule has 1 aliphatic rings. The van der Waals surface area contributed by atoms with Crippen molar-refractivity contribution in [1.82, 2.24) is 10.1 Å². The molecule has 0 bridgehead atoms. The maximum Gasteiger partial charge on any atom is 0.299 e. The van der Waals surface area contributed by atoms with E-state index in [1.807, 2.05) is 32.0 Å². The van der Waals surface area contributed by atoms with Crippen molar-refractivity contribution in [2.75, 3.05) is 42.0 Å². The average Bonchev–Trinajstić information content (AvgIpc) is 3.61. The molecule has 0 aromatic heterocycles. The van der Waals surface area contributed by atoms with Gasteiger partial charge in [-0.05, 0) is 117 Å². The zero-order valence-corrected chi connectivity index (χ0v) is 44.0. The number of phenolic OH excluding ortho intramolecular Hbond substituents is 1. The first-order valence-electron chi connectivity index (χ1n) is 23.8. The molecule has 4 N–H and O–H groups in total. The van der Waals surface area contributed by atoms with Crippen molar-refractivity contribution in [3.05, 3.63) is 97.9 Å². The van der Waals surface area contributed by atoms with E-state index in [2.05, 4.69) is 34.2 Å². The summed E-state index contributed by atoms with van der Waals surface area (Å²) in [6, 6.07) is 18.6. The first-order valence-corrected chi connectivity index (χ1v) is 26.4. The van der Waals surface area contributed by atoms with Gasteiger partial charge < -0.3 is 20.1 Å². The number of aliphatic imine (C=N–C) groups is 2. The molecule has 18 heteroatoms. The summed E-state index contributed by atoms with van der Waals surface area (Å²) in [5, 5.41) is 15.5. The monoisotopic (exact) mass is 1040 g/mol. The maximum absolute atomic E-state index is 14.4. The van der Waals surface area contributed by atoms with Gasteiger partial charge in [-0.2, -0.15) is 0 Å². The molecule has 0 aliphatic carbocycles. The van der Waals surface area contributed by atoms with Gasteiger partial charge >= 0.3 is 0 Å². The quantitative estimate of drug-likeness (QED) is 0.0410. The second kappa shape index (κ2) is 28.4. The van der Waals surface area contributed by atoms with Crippen LogP contribution in [0.25, 0.3) is 0 Å². The number of hydrogen-bond donors (Lipinski definition) is 4. The van der Waals surface area contributed by atoms with E-state index in [-0.39, 0.29) is 54.7 Å². The van der Waals surface area contributed by atoms with E-state index in [1.165, 1.54) is 57.8 Å². The summed E-state index contributed by atoms with van der Waals surface area (Å²) in [4.78, 5) is 40.3. The SMILES string of the molecule is CCCCCCCCCCCCC(Oc1ccc(O)c(CCCC)c1)C(=O)Nc1ccc(Cl)c(N=C2NN(c3c(Cl)cc(Cl)cc3Cl)C(=O)C2=Nc2ccc(N(CC)CCNS(=O)OC)cc2C)c1. The van der Waals surface area contributed by atoms with E-state index in [4.69, 9.17) is 65.3 Å². The van der Waals surface area contributed by atoms with Crippen LogP contribution in [0.3, 0.4) is 0 Å². The number of hydrogen-bond acceptors (Lipinski definition) is 9. The lowest BCUT2D eigenvalue weighted by Gasteiger charge is -2.23. The Kier molecular flexibility index (Phi) is 22.9. The second-order valence-corrected chi connectivity index (χ2v) is 19.6. The largest absolute Gasteiger partial charge is 0.508 e. The zero-order chi connectivity index (χ0) is 49.9. The summed E-state index contributed by atoms with van der Waals surface area (Å²) in [5.74, 6) is -0.213. The molecule has 1 heterocycles. The van der Waals surface area contributed by atoms with Crippen LogP contribution in [0.15, 0.2) is 76.7 Å². The number of aryl methyl sites for hydroxylation is 2. The molecule has 2 amide bonds. The fourth-order valence-electron chi connectivity index (χ4n) is 7.82. The number of carbonyl (C=O) groups excluding carboxylic acids is 2. The molecule has 1 aliphatic heterocycles. The molecule has 13 nitrogen and oxygen atoms in total. The number of rotatable bonds is 28. The maximum atomic E-state index is 14.4. The number of likely N-dealkylation sites (N-methyl/N-ethyl adjacent to an activating group) is 1. The standard InChI is InChI=1S/C51H65Cl4N7O6S/c1-6-9-11-12-13-14-15-16-17-18-20-46(68-39-23-26-45(63)35(30-39)19-10-7-2)50(64)57-37-21-24-40(53)44(33-37)59-49-47(51(65)62(60-49)48-41(54)31-36(52)32-42(48)55)58-43-25-22-38(29-34(43)4)61(8-3)28-27-56-69(66)67-5/h21-26,29-33,46,56,63H,6-20,27-28H2,1-5H3,(H,57,64)(H,59,60). The Labute approximate surface area is 430 Å². The van der Waals surface area contributed by atoms with E-state index < -0.39 is 23.3 Å². The van der Waals surface area contributed by atoms with Crippen LogP contribution in [0.1, 0.15) is 115 Å². The Morgan fingerprint density at radius 2 is 1.51 bits per heavy atom. The molecule has 1 saturated heterocycles. The van der Waals surface area contributed by atoms with Crippen LogP contribution in [0.5, 0.6) is 11.5 Å². The fourth-order valence-corrected chi connectivity index (χ4v) is 9.34. The number of nitrogens with zero attached hydrogens (tertiary/aromatic N) is 4. The van der Waals surface area contributed by atoms with Crippen LogP contribution >= 0.6 is 46.4 Å². The Balaban J connectivity index is 1.43. The van der Waals surface area contributed by atoms with Crippen LogP contribution in [0.2, 0.25) is 20.1 Å². The topological polar surface area (TPSA) is 157 Å². The minimum Gasteiger partial charge on any atom is -0.508 e. The third-order valence-corrected chi connectivity index (χ3v) is 13.5. The van der Waals surface area contributed by atoms with Gasteiger partial charge in [-0.3, -0.25) is 19.2 Å². The summed E-state index contributed by atoms with van der Waals surface area (Å²) < 4.78 is 25.8. The number of aromatic hydroxyl groups is 1. The predicted octanol–water partition coefficient (Wildman–Crippen LogP) is 13.3. The number of carbonyl (C=O) groups is 2. The highest BCUT2D eigenvalue weighted by Crippen LogP contribution is 2.38. The molecular weight excluding hydrogens is 980 g/mol. The summed E-state index contributed by atoms with van der Waals surface area (Å²) in [7, 11) is 1.37. The Bertz CT molecular complexity index is 2430. The molecular formula is C51H65Cl4N7O6S. The minimum atomic E-state index is -1.59. The van der Waals surface area contributed by atoms with Crippen molar-refractivity contribution >= 4 is 109 Å². The van der Waals surface area contributed by atoms with Gasteiger partial charge in [0.2, 0.25) is 11.3 Å². The second-order valence-electron chi connectivity index (χ2n) is 16.9.